The fourth-order valence-electron chi connectivity index (χ4n) is 1.51. The Morgan fingerprint density at radius 1 is 1.32 bits per heavy atom. The quantitative estimate of drug-likeness (QED) is 0.776. The summed E-state index contributed by atoms with van der Waals surface area (Å²) < 4.78 is 10.5. The first-order valence-electron chi connectivity index (χ1n) is 5.65. The lowest BCUT2D eigenvalue weighted by molar-refractivity contribution is -0.140. The third-order valence-corrected chi connectivity index (χ3v) is 3.11. The number of ether oxygens (including phenoxy) is 2. The van der Waals surface area contributed by atoms with Crippen LogP contribution in [0.25, 0.3) is 0 Å². The van der Waals surface area contributed by atoms with Gasteiger partial charge in [-0.1, -0.05) is 15.9 Å². The molecule has 0 aliphatic rings. The zero-order valence-corrected chi connectivity index (χ0v) is 12.7. The molecule has 1 aromatic rings. The lowest BCUT2D eigenvalue weighted by Crippen LogP contribution is -2.29. The number of carbonyl (C=O) groups is 2. The lowest BCUT2D eigenvalue weighted by atomic mass is 10.1. The van der Waals surface area contributed by atoms with E-state index < -0.39 is 0 Å². The molecule has 0 heterocycles. The second-order valence-electron chi connectivity index (χ2n) is 3.90. The van der Waals surface area contributed by atoms with E-state index in [2.05, 4.69) is 20.7 Å². The molecular formula is C13H16BrNO4. The molecule has 0 bridgehead atoms. The summed E-state index contributed by atoms with van der Waals surface area (Å²) in [6, 6.07) is 5.17. The molecule has 0 saturated carbocycles. The summed E-state index contributed by atoms with van der Waals surface area (Å²) in [5.41, 5.74) is 0.457. The number of hydrogen-bond acceptors (Lipinski definition) is 4. The number of rotatable bonds is 5. The Balaban J connectivity index is 2.79. The van der Waals surface area contributed by atoms with Crippen molar-refractivity contribution in [3.8, 4) is 5.75 Å². The van der Waals surface area contributed by atoms with Crippen LogP contribution >= 0.6 is 15.9 Å². The SMILES string of the molecule is COC(=O)CCN(C)C(=O)c1ccc(Br)cc1OC. The molecule has 0 saturated heterocycles. The highest BCUT2D eigenvalue weighted by Crippen LogP contribution is 2.24. The third-order valence-electron chi connectivity index (χ3n) is 2.62. The van der Waals surface area contributed by atoms with Gasteiger partial charge in [-0.15, -0.1) is 0 Å². The summed E-state index contributed by atoms with van der Waals surface area (Å²) in [6.07, 6.45) is 0.164. The molecule has 1 rings (SSSR count). The molecule has 0 unspecified atom stereocenters. The Kier molecular flexibility index (Phi) is 5.82. The Bertz CT molecular complexity index is 476. The van der Waals surface area contributed by atoms with Gasteiger partial charge in [0.25, 0.3) is 5.91 Å². The summed E-state index contributed by atoms with van der Waals surface area (Å²) in [7, 11) is 4.46. The van der Waals surface area contributed by atoms with E-state index >= 15 is 0 Å². The van der Waals surface area contributed by atoms with Gasteiger partial charge in [-0.3, -0.25) is 9.59 Å². The Labute approximate surface area is 120 Å². The van der Waals surface area contributed by atoms with Crippen molar-refractivity contribution in [1.29, 1.82) is 0 Å². The average Bonchev–Trinajstić information content (AvgIpc) is 2.43. The van der Waals surface area contributed by atoms with E-state index in [9.17, 15) is 9.59 Å². The van der Waals surface area contributed by atoms with Crippen molar-refractivity contribution in [2.75, 3.05) is 27.8 Å². The van der Waals surface area contributed by atoms with Gasteiger partial charge in [0.05, 0.1) is 26.2 Å². The van der Waals surface area contributed by atoms with Gasteiger partial charge in [0, 0.05) is 18.1 Å². The Hall–Kier alpha value is -1.56. The van der Waals surface area contributed by atoms with Gasteiger partial charge in [0.2, 0.25) is 0 Å². The number of amides is 1. The van der Waals surface area contributed by atoms with Gasteiger partial charge in [-0.2, -0.15) is 0 Å². The predicted molar refractivity (Wildman–Crippen MR) is 74.3 cm³/mol. The Morgan fingerprint density at radius 3 is 2.58 bits per heavy atom. The minimum Gasteiger partial charge on any atom is -0.496 e. The number of methoxy groups -OCH3 is 2. The fraction of sp³-hybridized carbons (Fsp3) is 0.385. The molecule has 1 amide bonds. The summed E-state index contributed by atoms with van der Waals surface area (Å²) in [4.78, 5) is 24.7. The van der Waals surface area contributed by atoms with E-state index in [1.807, 2.05) is 0 Å². The van der Waals surface area contributed by atoms with Gasteiger partial charge in [-0.25, -0.2) is 0 Å². The molecule has 104 valence electrons. The molecule has 1 aromatic carbocycles. The molecule has 0 atom stereocenters. The van der Waals surface area contributed by atoms with Crippen molar-refractivity contribution in [2.24, 2.45) is 0 Å². The molecule has 5 nitrogen and oxygen atoms in total. The van der Waals surface area contributed by atoms with Crippen LogP contribution in [0.4, 0.5) is 0 Å². The van der Waals surface area contributed by atoms with E-state index in [0.29, 0.717) is 17.9 Å². The van der Waals surface area contributed by atoms with Crippen LogP contribution in [0.3, 0.4) is 0 Å². The first-order chi connectivity index (χ1) is 8.99. The predicted octanol–water partition coefficient (Wildman–Crippen LogP) is 2.09. The smallest absolute Gasteiger partial charge is 0.307 e. The number of nitrogens with zero attached hydrogens (tertiary/aromatic N) is 1. The minimum atomic E-state index is -0.345. The number of benzene rings is 1. The van der Waals surface area contributed by atoms with Crippen LogP contribution in [0.5, 0.6) is 5.75 Å². The molecular weight excluding hydrogens is 314 g/mol. The van der Waals surface area contributed by atoms with Crippen molar-refractivity contribution in [3.05, 3.63) is 28.2 Å². The second-order valence-corrected chi connectivity index (χ2v) is 4.81. The third kappa shape index (κ3) is 4.24. The fourth-order valence-corrected chi connectivity index (χ4v) is 1.85. The van der Waals surface area contributed by atoms with Crippen LogP contribution in [0.1, 0.15) is 16.8 Å². The van der Waals surface area contributed by atoms with Crippen LogP contribution in [-0.2, 0) is 9.53 Å². The maximum absolute atomic E-state index is 12.2. The maximum atomic E-state index is 12.2. The first kappa shape index (κ1) is 15.5. The zero-order chi connectivity index (χ0) is 14.4. The van der Waals surface area contributed by atoms with Crippen LogP contribution in [0.2, 0.25) is 0 Å². The normalized spacial score (nSPS) is 9.89. The molecule has 0 aliphatic heterocycles. The average molecular weight is 330 g/mol. The van der Waals surface area contributed by atoms with Crippen LogP contribution < -0.4 is 4.74 Å². The largest absolute Gasteiger partial charge is 0.496 e. The van der Waals surface area contributed by atoms with Gasteiger partial charge in [0.1, 0.15) is 5.75 Å². The summed E-state index contributed by atoms with van der Waals surface area (Å²) in [5.74, 6) is -0.0556. The molecule has 6 heteroatoms. The molecule has 0 spiro atoms. The highest BCUT2D eigenvalue weighted by atomic mass is 79.9. The van der Waals surface area contributed by atoms with E-state index in [-0.39, 0.29) is 18.3 Å². The van der Waals surface area contributed by atoms with Crippen LogP contribution in [-0.4, -0.2) is 44.6 Å². The minimum absolute atomic E-state index is 0.164. The van der Waals surface area contributed by atoms with E-state index in [4.69, 9.17) is 4.74 Å². The van der Waals surface area contributed by atoms with Crippen LogP contribution in [0, 0.1) is 0 Å². The van der Waals surface area contributed by atoms with Crippen molar-refractivity contribution in [3.63, 3.8) is 0 Å². The summed E-state index contributed by atoms with van der Waals surface area (Å²) in [5, 5.41) is 0. The summed E-state index contributed by atoms with van der Waals surface area (Å²) >= 11 is 3.32. The number of carbonyl (C=O) groups excluding carboxylic acids is 2. The number of halogens is 1. The number of hydrogen-bond donors (Lipinski definition) is 0. The Morgan fingerprint density at radius 2 is 2.00 bits per heavy atom. The lowest BCUT2D eigenvalue weighted by Gasteiger charge is -2.18. The van der Waals surface area contributed by atoms with Crippen molar-refractivity contribution < 1.29 is 19.1 Å². The van der Waals surface area contributed by atoms with Gasteiger partial charge >= 0.3 is 5.97 Å². The molecule has 0 aromatic heterocycles. The maximum Gasteiger partial charge on any atom is 0.307 e. The molecule has 0 fully saturated rings. The zero-order valence-electron chi connectivity index (χ0n) is 11.1. The van der Waals surface area contributed by atoms with Gasteiger partial charge in [0.15, 0.2) is 0 Å². The van der Waals surface area contributed by atoms with Crippen molar-refractivity contribution in [1.82, 2.24) is 4.90 Å². The van der Waals surface area contributed by atoms with Gasteiger partial charge < -0.3 is 14.4 Å². The molecule has 19 heavy (non-hydrogen) atoms. The highest BCUT2D eigenvalue weighted by Gasteiger charge is 2.17. The van der Waals surface area contributed by atoms with Crippen LogP contribution in [0.15, 0.2) is 22.7 Å². The highest BCUT2D eigenvalue weighted by molar-refractivity contribution is 9.10. The van der Waals surface area contributed by atoms with Crippen molar-refractivity contribution >= 4 is 27.8 Å². The second kappa shape index (κ2) is 7.13. The first-order valence-corrected chi connectivity index (χ1v) is 6.44. The molecule has 0 N–H and O–H groups in total. The van der Waals surface area contributed by atoms with E-state index in [1.54, 1.807) is 25.2 Å². The van der Waals surface area contributed by atoms with E-state index in [1.165, 1.54) is 19.1 Å². The van der Waals surface area contributed by atoms with Crippen molar-refractivity contribution in [2.45, 2.75) is 6.42 Å². The van der Waals surface area contributed by atoms with Gasteiger partial charge in [-0.05, 0) is 18.2 Å². The monoisotopic (exact) mass is 329 g/mol. The molecule has 0 radical (unpaired) electrons. The topological polar surface area (TPSA) is 55.8 Å². The summed E-state index contributed by atoms with van der Waals surface area (Å²) in [6.45, 7) is 0.296. The van der Waals surface area contributed by atoms with E-state index in [0.717, 1.165) is 4.47 Å². The number of esters is 1. The molecule has 0 aliphatic carbocycles. The standard InChI is InChI=1S/C13H16BrNO4/c1-15(7-6-12(16)19-3)13(17)10-5-4-9(14)8-11(10)18-2/h4-5,8H,6-7H2,1-3H3.